The minimum Gasteiger partial charge on any atom is -0.508 e. The van der Waals surface area contributed by atoms with Crippen LogP contribution in [0, 0.1) is 0 Å². The van der Waals surface area contributed by atoms with Gasteiger partial charge in [-0.05, 0) is 37.3 Å². The number of aromatic hydroxyl groups is 1. The molecular weight excluding hydrogens is 276 g/mol. The predicted octanol–water partition coefficient (Wildman–Crippen LogP) is 3.05. The number of aromatic nitrogens is 1. The normalized spacial score (nSPS) is 10.1. The van der Waals surface area contributed by atoms with Crippen molar-refractivity contribution in [2.24, 2.45) is 0 Å². The van der Waals surface area contributed by atoms with Gasteiger partial charge in [0, 0.05) is 11.4 Å². The number of nitrogens with one attached hydrogen (secondary N) is 1. The Kier molecular flexibility index (Phi) is 4.84. The van der Waals surface area contributed by atoms with Gasteiger partial charge in [-0.2, -0.15) is 0 Å². The first-order valence-electron chi connectivity index (χ1n) is 6.06. The van der Waals surface area contributed by atoms with Gasteiger partial charge in [0.2, 0.25) is 0 Å². The van der Waals surface area contributed by atoms with Gasteiger partial charge in [-0.25, -0.2) is 9.78 Å². The lowest BCUT2D eigenvalue weighted by molar-refractivity contribution is 0.201. The highest BCUT2D eigenvalue weighted by atomic mass is 32.2. The van der Waals surface area contributed by atoms with Crippen molar-refractivity contribution in [3.05, 3.63) is 42.6 Å². The van der Waals surface area contributed by atoms with E-state index in [-0.39, 0.29) is 5.75 Å². The molecule has 0 spiro atoms. The maximum atomic E-state index is 11.2. The van der Waals surface area contributed by atoms with Gasteiger partial charge in [0.1, 0.15) is 10.8 Å². The standard InChI is InChI=1S/C14H14N2O3S/c1-2-15-14(18)19-11-6-7-13(16-9-11)20-12-5-3-4-10(17)8-12/h3-9,17H,2H2,1H3,(H,15,18). The zero-order valence-electron chi connectivity index (χ0n) is 10.9. The first kappa shape index (κ1) is 14.2. The fraction of sp³-hybridized carbons (Fsp3) is 0.143. The average Bonchev–Trinajstić information content (AvgIpc) is 2.41. The molecule has 5 nitrogen and oxygen atoms in total. The molecule has 2 aromatic rings. The minimum atomic E-state index is -0.498. The number of nitrogens with zero attached hydrogens (tertiary/aromatic N) is 1. The summed E-state index contributed by atoms with van der Waals surface area (Å²) in [7, 11) is 0. The van der Waals surface area contributed by atoms with Gasteiger partial charge < -0.3 is 15.2 Å². The Morgan fingerprint density at radius 3 is 2.90 bits per heavy atom. The summed E-state index contributed by atoms with van der Waals surface area (Å²) in [5, 5.41) is 12.7. The Labute approximate surface area is 121 Å². The molecule has 1 amide bonds. The zero-order chi connectivity index (χ0) is 14.4. The number of ether oxygens (including phenoxy) is 1. The highest BCUT2D eigenvalue weighted by Crippen LogP contribution is 2.28. The zero-order valence-corrected chi connectivity index (χ0v) is 11.7. The van der Waals surface area contributed by atoms with Crippen molar-refractivity contribution in [3.63, 3.8) is 0 Å². The summed E-state index contributed by atoms with van der Waals surface area (Å²) in [5.41, 5.74) is 0. The van der Waals surface area contributed by atoms with Crippen molar-refractivity contribution in [2.45, 2.75) is 16.8 Å². The number of hydrogen-bond acceptors (Lipinski definition) is 5. The molecule has 0 atom stereocenters. The SMILES string of the molecule is CCNC(=O)Oc1ccc(Sc2cccc(O)c2)nc1. The van der Waals surface area contributed by atoms with Crippen LogP contribution in [-0.2, 0) is 0 Å². The van der Waals surface area contributed by atoms with E-state index in [1.54, 1.807) is 30.3 Å². The van der Waals surface area contributed by atoms with Gasteiger partial charge in [-0.1, -0.05) is 17.8 Å². The second-order valence-corrected chi connectivity index (χ2v) is 4.95. The second-order valence-electron chi connectivity index (χ2n) is 3.85. The van der Waals surface area contributed by atoms with Crippen LogP contribution in [0.2, 0.25) is 0 Å². The van der Waals surface area contributed by atoms with Gasteiger partial charge in [-0.15, -0.1) is 0 Å². The number of pyridine rings is 1. The fourth-order valence-corrected chi connectivity index (χ4v) is 2.25. The molecule has 0 saturated carbocycles. The van der Waals surface area contributed by atoms with Gasteiger partial charge >= 0.3 is 6.09 Å². The molecule has 2 rings (SSSR count). The molecule has 104 valence electrons. The molecule has 20 heavy (non-hydrogen) atoms. The number of benzene rings is 1. The van der Waals surface area contributed by atoms with Gasteiger partial charge in [-0.3, -0.25) is 0 Å². The number of carbonyl (C=O) groups is 1. The van der Waals surface area contributed by atoms with Crippen LogP contribution in [0.15, 0.2) is 52.5 Å². The van der Waals surface area contributed by atoms with Crippen LogP contribution in [0.25, 0.3) is 0 Å². The average molecular weight is 290 g/mol. The number of phenols is 1. The van der Waals surface area contributed by atoms with Crippen molar-refractivity contribution in [1.29, 1.82) is 0 Å². The third-order valence-corrected chi connectivity index (χ3v) is 3.22. The maximum Gasteiger partial charge on any atom is 0.412 e. The van der Waals surface area contributed by atoms with Crippen molar-refractivity contribution in [1.82, 2.24) is 10.3 Å². The molecule has 0 radical (unpaired) electrons. The largest absolute Gasteiger partial charge is 0.508 e. The molecule has 0 aliphatic heterocycles. The molecule has 1 heterocycles. The van der Waals surface area contributed by atoms with Crippen molar-refractivity contribution >= 4 is 17.9 Å². The summed E-state index contributed by atoms with van der Waals surface area (Å²) in [6.45, 7) is 2.33. The molecule has 2 N–H and O–H groups in total. The van der Waals surface area contributed by atoms with Crippen LogP contribution in [0.3, 0.4) is 0 Å². The van der Waals surface area contributed by atoms with Crippen LogP contribution in [-0.4, -0.2) is 22.7 Å². The number of phenolic OH excluding ortho intramolecular Hbond substituents is 1. The van der Waals surface area contributed by atoms with Crippen LogP contribution >= 0.6 is 11.8 Å². The Morgan fingerprint density at radius 1 is 1.40 bits per heavy atom. The van der Waals surface area contributed by atoms with E-state index in [4.69, 9.17) is 4.74 Å². The van der Waals surface area contributed by atoms with E-state index in [0.717, 1.165) is 9.92 Å². The molecule has 6 heteroatoms. The highest BCUT2D eigenvalue weighted by molar-refractivity contribution is 7.99. The topological polar surface area (TPSA) is 71.5 Å². The molecule has 0 aliphatic carbocycles. The van der Waals surface area contributed by atoms with Gasteiger partial charge in [0.15, 0.2) is 5.75 Å². The molecule has 0 aliphatic rings. The Hall–Kier alpha value is -2.21. The summed E-state index contributed by atoms with van der Waals surface area (Å²) in [6, 6.07) is 10.3. The van der Waals surface area contributed by atoms with E-state index >= 15 is 0 Å². The molecule has 0 bridgehead atoms. The third-order valence-electron chi connectivity index (χ3n) is 2.28. The second kappa shape index (κ2) is 6.81. The number of carbonyl (C=O) groups excluding carboxylic acids is 1. The summed E-state index contributed by atoms with van der Waals surface area (Å²) in [4.78, 5) is 16.3. The molecule has 0 fully saturated rings. The van der Waals surface area contributed by atoms with Crippen LogP contribution in [0.1, 0.15) is 6.92 Å². The summed E-state index contributed by atoms with van der Waals surface area (Å²) in [6.07, 6.45) is 0.989. The molecule has 1 aromatic heterocycles. The van der Waals surface area contributed by atoms with Crippen molar-refractivity contribution in [2.75, 3.05) is 6.54 Å². The summed E-state index contributed by atoms with van der Waals surface area (Å²) in [5.74, 6) is 0.599. The van der Waals surface area contributed by atoms with Crippen LogP contribution < -0.4 is 10.1 Å². The smallest absolute Gasteiger partial charge is 0.412 e. The quantitative estimate of drug-likeness (QED) is 0.905. The fourth-order valence-electron chi connectivity index (χ4n) is 1.44. The number of rotatable bonds is 4. The Balaban J connectivity index is 1.99. The van der Waals surface area contributed by atoms with E-state index in [9.17, 15) is 9.90 Å². The van der Waals surface area contributed by atoms with Crippen molar-refractivity contribution < 1.29 is 14.6 Å². The summed E-state index contributed by atoms with van der Waals surface area (Å²) >= 11 is 1.41. The molecule has 1 aromatic carbocycles. The van der Waals surface area contributed by atoms with E-state index in [0.29, 0.717) is 12.3 Å². The third kappa shape index (κ3) is 4.17. The Morgan fingerprint density at radius 2 is 2.25 bits per heavy atom. The monoisotopic (exact) mass is 290 g/mol. The lowest BCUT2D eigenvalue weighted by atomic mass is 10.3. The minimum absolute atomic E-state index is 0.214. The van der Waals surface area contributed by atoms with Crippen LogP contribution in [0.4, 0.5) is 4.79 Å². The maximum absolute atomic E-state index is 11.2. The Bertz CT molecular complexity index is 587. The van der Waals surface area contributed by atoms with E-state index < -0.39 is 6.09 Å². The van der Waals surface area contributed by atoms with Crippen LogP contribution in [0.5, 0.6) is 11.5 Å². The highest BCUT2D eigenvalue weighted by Gasteiger charge is 2.04. The first-order valence-corrected chi connectivity index (χ1v) is 6.87. The molecular formula is C14H14N2O3S. The van der Waals surface area contributed by atoms with Crippen molar-refractivity contribution in [3.8, 4) is 11.5 Å². The van der Waals surface area contributed by atoms with Gasteiger partial charge in [0.25, 0.3) is 0 Å². The summed E-state index contributed by atoms with van der Waals surface area (Å²) < 4.78 is 5.02. The number of amides is 1. The van der Waals surface area contributed by atoms with E-state index in [1.165, 1.54) is 18.0 Å². The lowest BCUT2D eigenvalue weighted by Crippen LogP contribution is -2.26. The number of hydrogen-bond donors (Lipinski definition) is 2. The predicted molar refractivity (Wildman–Crippen MR) is 76.2 cm³/mol. The molecule has 0 unspecified atom stereocenters. The van der Waals surface area contributed by atoms with Gasteiger partial charge in [0.05, 0.1) is 6.20 Å². The first-order chi connectivity index (χ1) is 9.67. The molecule has 0 saturated heterocycles. The van der Waals surface area contributed by atoms with E-state index in [2.05, 4.69) is 10.3 Å². The lowest BCUT2D eigenvalue weighted by Gasteiger charge is -2.05. The van der Waals surface area contributed by atoms with E-state index in [1.807, 2.05) is 13.0 Å².